The molecule has 0 saturated heterocycles. The number of rotatable bonds is 7. The van der Waals surface area contributed by atoms with E-state index < -0.39 is 16.1 Å². The Kier molecular flexibility index (Phi) is 6.79. The topological polar surface area (TPSA) is 84.9 Å². The normalized spacial score (nSPS) is 16.2. The predicted molar refractivity (Wildman–Crippen MR) is 131 cm³/mol. The number of carbonyl (C=O) groups is 1. The van der Waals surface area contributed by atoms with Gasteiger partial charge in [-0.1, -0.05) is 43.3 Å². The van der Waals surface area contributed by atoms with Gasteiger partial charge in [0.15, 0.2) is 6.10 Å². The number of hydrogen-bond donors (Lipinski definition) is 1. The second kappa shape index (κ2) is 9.77. The number of anilines is 1. The highest BCUT2D eigenvalue weighted by Crippen LogP contribution is 2.38. The average Bonchev–Trinajstić information content (AvgIpc) is 2.86. The molecule has 2 unspecified atom stereocenters. The standard InChI is InChI=1S/C26H28N2O5S/c1-18-9-14-24-23(15-18)28(34(30,31)22-12-10-21(32-3)11-13-22)17-25(33-24)26(29)27-16-19(2)20-7-5-4-6-8-20/h4-15,19,25H,16-17H2,1-3H3,(H,27,29). The van der Waals surface area contributed by atoms with Crippen LogP contribution in [0, 0.1) is 6.92 Å². The minimum absolute atomic E-state index is 0.0998. The maximum absolute atomic E-state index is 13.6. The van der Waals surface area contributed by atoms with Crippen LogP contribution in [0.4, 0.5) is 5.69 Å². The highest BCUT2D eigenvalue weighted by molar-refractivity contribution is 7.92. The number of benzene rings is 3. The van der Waals surface area contributed by atoms with Crippen molar-refractivity contribution in [3.8, 4) is 11.5 Å². The molecule has 1 heterocycles. The smallest absolute Gasteiger partial charge is 0.264 e. The van der Waals surface area contributed by atoms with E-state index in [0.29, 0.717) is 23.7 Å². The number of aryl methyl sites for hydroxylation is 1. The lowest BCUT2D eigenvalue weighted by Gasteiger charge is -2.35. The lowest BCUT2D eigenvalue weighted by atomic mass is 10.0. The largest absolute Gasteiger partial charge is 0.497 e. The molecule has 1 aliphatic rings. The van der Waals surface area contributed by atoms with Crippen LogP contribution >= 0.6 is 0 Å². The molecule has 8 heteroatoms. The summed E-state index contributed by atoms with van der Waals surface area (Å²) >= 11 is 0. The molecule has 1 aliphatic heterocycles. The summed E-state index contributed by atoms with van der Waals surface area (Å²) in [4.78, 5) is 13.1. The van der Waals surface area contributed by atoms with Gasteiger partial charge in [-0.2, -0.15) is 0 Å². The molecular formula is C26H28N2O5S. The Bertz CT molecular complexity index is 1260. The summed E-state index contributed by atoms with van der Waals surface area (Å²) in [6.07, 6.45) is -0.980. The summed E-state index contributed by atoms with van der Waals surface area (Å²) in [5.74, 6) is 0.652. The van der Waals surface area contributed by atoms with Crippen LogP contribution in [0.5, 0.6) is 11.5 Å². The van der Waals surface area contributed by atoms with Crippen molar-refractivity contribution < 1.29 is 22.7 Å². The third-order valence-corrected chi connectivity index (χ3v) is 7.67. The van der Waals surface area contributed by atoms with Gasteiger partial charge >= 0.3 is 0 Å². The van der Waals surface area contributed by atoms with E-state index >= 15 is 0 Å². The van der Waals surface area contributed by atoms with Crippen molar-refractivity contribution in [2.45, 2.75) is 30.8 Å². The lowest BCUT2D eigenvalue weighted by molar-refractivity contribution is -0.127. The molecule has 2 atom stereocenters. The summed E-state index contributed by atoms with van der Waals surface area (Å²) in [6, 6.07) is 21.3. The number of fused-ring (bicyclic) bond motifs is 1. The molecule has 0 spiro atoms. The quantitative estimate of drug-likeness (QED) is 0.555. The van der Waals surface area contributed by atoms with E-state index in [1.165, 1.54) is 23.5 Å². The first-order valence-corrected chi connectivity index (χ1v) is 12.5. The van der Waals surface area contributed by atoms with E-state index in [9.17, 15) is 13.2 Å². The van der Waals surface area contributed by atoms with E-state index in [0.717, 1.165) is 11.1 Å². The maximum atomic E-state index is 13.6. The van der Waals surface area contributed by atoms with Gasteiger partial charge < -0.3 is 14.8 Å². The summed E-state index contributed by atoms with van der Waals surface area (Å²) in [5, 5.41) is 2.92. The first-order valence-electron chi connectivity index (χ1n) is 11.1. The first kappa shape index (κ1) is 23.6. The predicted octanol–water partition coefficient (Wildman–Crippen LogP) is 3.88. The minimum atomic E-state index is -3.94. The van der Waals surface area contributed by atoms with Crippen molar-refractivity contribution in [3.63, 3.8) is 0 Å². The van der Waals surface area contributed by atoms with E-state index in [-0.39, 0.29) is 23.3 Å². The molecule has 1 amide bonds. The van der Waals surface area contributed by atoms with Crippen LogP contribution in [0.2, 0.25) is 0 Å². The Morgan fingerprint density at radius 3 is 2.50 bits per heavy atom. The van der Waals surface area contributed by atoms with Crippen LogP contribution in [0.15, 0.2) is 77.7 Å². The van der Waals surface area contributed by atoms with E-state index in [1.807, 2.05) is 50.2 Å². The zero-order valence-electron chi connectivity index (χ0n) is 19.4. The van der Waals surface area contributed by atoms with Gasteiger partial charge in [0.25, 0.3) is 15.9 Å². The van der Waals surface area contributed by atoms with Gasteiger partial charge in [0.1, 0.15) is 11.5 Å². The van der Waals surface area contributed by atoms with Crippen LogP contribution in [0.25, 0.3) is 0 Å². The van der Waals surface area contributed by atoms with Gasteiger partial charge in [-0.15, -0.1) is 0 Å². The van der Waals surface area contributed by atoms with Gasteiger partial charge in [0, 0.05) is 6.54 Å². The molecule has 0 aliphatic carbocycles. The number of ether oxygens (including phenoxy) is 2. The van der Waals surface area contributed by atoms with Gasteiger partial charge in [0.2, 0.25) is 0 Å². The highest BCUT2D eigenvalue weighted by Gasteiger charge is 2.37. The van der Waals surface area contributed by atoms with Crippen molar-refractivity contribution >= 4 is 21.6 Å². The van der Waals surface area contributed by atoms with Crippen LogP contribution in [0.3, 0.4) is 0 Å². The maximum Gasteiger partial charge on any atom is 0.264 e. The third-order valence-electron chi connectivity index (χ3n) is 5.87. The van der Waals surface area contributed by atoms with E-state index in [1.54, 1.807) is 24.3 Å². The number of carbonyl (C=O) groups excluding carboxylic acids is 1. The molecular weight excluding hydrogens is 452 g/mol. The number of nitrogens with zero attached hydrogens (tertiary/aromatic N) is 1. The molecule has 7 nitrogen and oxygen atoms in total. The van der Waals surface area contributed by atoms with Crippen molar-refractivity contribution in [3.05, 3.63) is 83.9 Å². The highest BCUT2D eigenvalue weighted by atomic mass is 32.2. The summed E-state index contributed by atoms with van der Waals surface area (Å²) in [6.45, 7) is 4.18. The molecule has 178 valence electrons. The van der Waals surface area contributed by atoms with Gasteiger partial charge in [-0.25, -0.2) is 8.42 Å². The molecule has 1 N–H and O–H groups in total. The second-order valence-corrected chi connectivity index (χ2v) is 10.2. The number of hydrogen-bond acceptors (Lipinski definition) is 5. The Labute approximate surface area is 200 Å². The molecule has 3 aromatic carbocycles. The Balaban J connectivity index is 1.58. The van der Waals surface area contributed by atoms with Gasteiger partial charge in [-0.05, 0) is 60.4 Å². The monoisotopic (exact) mass is 480 g/mol. The number of amides is 1. The number of methoxy groups -OCH3 is 1. The zero-order valence-corrected chi connectivity index (χ0v) is 20.2. The number of nitrogens with one attached hydrogen (secondary N) is 1. The van der Waals surface area contributed by atoms with Crippen molar-refractivity contribution in [1.29, 1.82) is 0 Å². The van der Waals surface area contributed by atoms with Gasteiger partial charge in [-0.3, -0.25) is 9.10 Å². The van der Waals surface area contributed by atoms with Crippen LogP contribution in [-0.4, -0.2) is 40.6 Å². The minimum Gasteiger partial charge on any atom is -0.497 e. The van der Waals surface area contributed by atoms with Crippen molar-refractivity contribution in [2.75, 3.05) is 24.5 Å². The molecule has 0 fully saturated rings. The first-order chi connectivity index (χ1) is 16.3. The average molecular weight is 481 g/mol. The fourth-order valence-corrected chi connectivity index (χ4v) is 5.34. The van der Waals surface area contributed by atoms with Crippen LogP contribution in [0.1, 0.15) is 24.0 Å². The zero-order chi connectivity index (χ0) is 24.3. The summed E-state index contributed by atoms with van der Waals surface area (Å²) in [5.41, 5.74) is 2.41. The molecule has 0 aromatic heterocycles. The van der Waals surface area contributed by atoms with Crippen molar-refractivity contribution in [1.82, 2.24) is 5.32 Å². The molecule has 4 rings (SSSR count). The summed E-state index contributed by atoms with van der Waals surface area (Å²) in [7, 11) is -2.42. The molecule has 0 saturated carbocycles. The Hall–Kier alpha value is -3.52. The number of sulfonamides is 1. The fourth-order valence-electron chi connectivity index (χ4n) is 3.87. The molecule has 34 heavy (non-hydrogen) atoms. The van der Waals surface area contributed by atoms with Crippen LogP contribution in [-0.2, 0) is 14.8 Å². The van der Waals surface area contributed by atoms with E-state index in [2.05, 4.69) is 5.32 Å². The van der Waals surface area contributed by atoms with E-state index in [4.69, 9.17) is 9.47 Å². The Morgan fingerprint density at radius 2 is 1.82 bits per heavy atom. The molecule has 0 bridgehead atoms. The van der Waals surface area contributed by atoms with Crippen molar-refractivity contribution in [2.24, 2.45) is 0 Å². The SMILES string of the molecule is COc1ccc(S(=O)(=O)N2CC(C(=O)NCC(C)c3ccccc3)Oc3ccc(C)cc32)cc1. The summed E-state index contributed by atoms with van der Waals surface area (Å²) < 4.78 is 39.5. The third kappa shape index (κ3) is 4.87. The molecule has 3 aromatic rings. The lowest BCUT2D eigenvalue weighted by Crippen LogP contribution is -2.51. The second-order valence-electron chi connectivity index (χ2n) is 8.35. The van der Waals surface area contributed by atoms with Crippen LogP contribution < -0.4 is 19.1 Å². The molecule has 0 radical (unpaired) electrons. The Morgan fingerprint density at radius 1 is 1.12 bits per heavy atom. The van der Waals surface area contributed by atoms with Gasteiger partial charge in [0.05, 0.1) is 24.2 Å². The fraction of sp³-hybridized carbons (Fsp3) is 0.269.